The third kappa shape index (κ3) is 2.49. The van der Waals surface area contributed by atoms with Crippen LogP contribution >= 0.6 is 0 Å². The Morgan fingerprint density at radius 2 is 1.65 bits per heavy atom. The fourth-order valence-corrected chi connectivity index (χ4v) is 1.51. The van der Waals surface area contributed by atoms with Gasteiger partial charge in [0.05, 0.1) is 15.9 Å². The number of benzene rings is 1. The first kappa shape index (κ1) is 12.9. The SMILES string of the molecule is CC(C)(C)c1cc(O)cc([N+](=O)[O-])c1[N+](=O)[O-]. The number of rotatable bonds is 2. The molecule has 0 aliphatic rings. The summed E-state index contributed by atoms with van der Waals surface area (Å²) in [5.41, 5.74) is -1.80. The van der Waals surface area contributed by atoms with Gasteiger partial charge in [-0.2, -0.15) is 0 Å². The van der Waals surface area contributed by atoms with Gasteiger partial charge in [-0.1, -0.05) is 20.8 Å². The van der Waals surface area contributed by atoms with Gasteiger partial charge in [0.15, 0.2) is 0 Å². The molecule has 0 saturated heterocycles. The molecule has 0 aliphatic carbocycles. The van der Waals surface area contributed by atoms with Crippen molar-refractivity contribution in [3.8, 4) is 5.75 Å². The van der Waals surface area contributed by atoms with Crippen LogP contribution in [0.1, 0.15) is 26.3 Å². The van der Waals surface area contributed by atoms with Gasteiger partial charge >= 0.3 is 11.4 Å². The molecule has 0 bridgehead atoms. The maximum atomic E-state index is 10.9. The number of hydrogen-bond acceptors (Lipinski definition) is 5. The Kier molecular flexibility index (Phi) is 3.03. The van der Waals surface area contributed by atoms with Gasteiger partial charge in [-0.25, -0.2) is 0 Å². The molecule has 0 aromatic heterocycles. The van der Waals surface area contributed by atoms with Gasteiger partial charge in [0, 0.05) is 5.56 Å². The number of aromatic hydroxyl groups is 1. The second-order valence-electron chi connectivity index (χ2n) is 4.63. The van der Waals surface area contributed by atoms with Crippen LogP contribution in [0.3, 0.4) is 0 Å². The van der Waals surface area contributed by atoms with Crippen molar-refractivity contribution in [2.45, 2.75) is 26.2 Å². The van der Waals surface area contributed by atoms with Crippen LogP contribution in [0.15, 0.2) is 12.1 Å². The van der Waals surface area contributed by atoms with Crippen molar-refractivity contribution in [3.05, 3.63) is 37.9 Å². The first-order chi connectivity index (χ1) is 7.64. The van der Waals surface area contributed by atoms with Crippen LogP contribution in [-0.4, -0.2) is 15.0 Å². The molecule has 1 aromatic rings. The molecule has 0 aliphatic heterocycles. The fraction of sp³-hybridized carbons (Fsp3) is 0.400. The minimum absolute atomic E-state index is 0.134. The molecule has 17 heavy (non-hydrogen) atoms. The van der Waals surface area contributed by atoms with Crippen molar-refractivity contribution >= 4 is 11.4 Å². The van der Waals surface area contributed by atoms with E-state index in [2.05, 4.69) is 0 Å². The first-order valence-corrected chi connectivity index (χ1v) is 4.81. The van der Waals surface area contributed by atoms with Crippen LogP contribution in [0, 0.1) is 20.2 Å². The van der Waals surface area contributed by atoms with E-state index in [1.54, 1.807) is 20.8 Å². The van der Waals surface area contributed by atoms with E-state index in [4.69, 9.17) is 0 Å². The van der Waals surface area contributed by atoms with Crippen LogP contribution < -0.4 is 0 Å². The van der Waals surface area contributed by atoms with E-state index in [0.717, 1.165) is 6.07 Å². The maximum Gasteiger partial charge on any atom is 0.350 e. The summed E-state index contributed by atoms with van der Waals surface area (Å²) in [6, 6.07) is 1.97. The second kappa shape index (κ2) is 4.00. The summed E-state index contributed by atoms with van der Waals surface area (Å²) in [6.07, 6.45) is 0. The molecule has 1 aromatic carbocycles. The van der Waals surface area contributed by atoms with Crippen LogP contribution in [0.2, 0.25) is 0 Å². The highest BCUT2D eigenvalue weighted by molar-refractivity contribution is 5.63. The van der Waals surface area contributed by atoms with Crippen molar-refractivity contribution < 1.29 is 15.0 Å². The summed E-state index contributed by atoms with van der Waals surface area (Å²) in [5, 5.41) is 31.1. The fourth-order valence-electron chi connectivity index (χ4n) is 1.51. The third-order valence-electron chi connectivity index (χ3n) is 2.26. The molecule has 0 heterocycles. The molecule has 0 fully saturated rings. The van der Waals surface area contributed by atoms with Crippen molar-refractivity contribution in [2.24, 2.45) is 0 Å². The summed E-state index contributed by atoms with van der Waals surface area (Å²) < 4.78 is 0. The highest BCUT2D eigenvalue weighted by Gasteiger charge is 2.34. The minimum atomic E-state index is -0.868. The number of phenolic OH excluding ortho intramolecular Hbond substituents is 1. The summed E-state index contributed by atoms with van der Waals surface area (Å²) in [5.74, 6) is -0.354. The molecule has 7 nitrogen and oxygen atoms in total. The Bertz CT molecular complexity index is 490. The van der Waals surface area contributed by atoms with Crippen molar-refractivity contribution in [3.63, 3.8) is 0 Å². The molecule has 1 N–H and O–H groups in total. The second-order valence-corrected chi connectivity index (χ2v) is 4.63. The molecule has 0 radical (unpaired) electrons. The maximum absolute atomic E-state index is 10.9. The van der Waals surface area contributed by atoms with Gasteiger partial charge in [-0.15, -0.1) is 0 Å². The largest absolute Gasteiger partial charge is 0.508 e. The monoisotopic (exact) mass is 240 g/mol. The zero-order valence-electron chi connectivity index (χ0n) is 9.63. The highest BCUT2D eigenvalue weighted by atomic mass is 16.6. The van der Waals surface area contributed by atoms with Gasteiger partial charge in [-0.3, -0.25) is 20.2 Å². The van der Waals surface area contributed by atoms with E-state index in [-0.39, 0.29) is 11.3 Å². The number of nitro groups is 2. The van der Waals surface area contributed by atoms with Gasteiger partial charge < -0.3 is 5.11 Å². The summed E-state index contributed by atoms with van der Waals surface area (Å²) in [6.45, 7) is 5.04. The number of hydrogen-bond donors (Lipinski definition) is 1. The molecule has 7 heteroatoms. The Labute approximate surface area is 97.0 Å². The Hall–Kier alpha value is -2.18. The molecule has 0 atom stereocenters. The van der Waals surface area contributed by atoms with E-state index < -0.39 is 26.6 Å². The lowest BCUT2D eigenvalue weighted by atomic mass is 9.85. The molecular formula is C10H12N2O5. The van der Waals surface area contributed by atoms with E-state index in [1.807, 2.05) is 0 Å². The molecular weight excluding hydrogens is 228 g/mol. The minimum Gasteiger partial charge on any atom is -0.508 e. The molecule has 0 amide bonds. The number of phenols is 1. The lowest BCUT2D eigenvalue weighted by Gasteiger charge is -2.18. The predicted molar refractivity (Wildman–Crippen MR) is 60.1 cm³/mol. The van der Waals surface area contributed by atoms with Gasteiger partial charge in [0.1, 0.15) is 5.75 Å². The Balaban J connectivity index is 3.70. The summed E-state index contributed by atoms with van der Waals surface area (Å²) >= 11 is 0. The highest BCUT2D eigenvalue weighted by Crippen LogP contribution is 2.40. The van der Waals surface area contributed by atoms with E-state index >= 15 is 0 Å². The number of nitrogens with zero attached hydrogens (tertiary/aromatic N) is 2. The van der Waals surface area contributed by atoms with Crippen LogP contribution in [0.25, 0.3) is 0 Å². The molecule has 0 saturated carbocycles. The van der Waals surface area contributed by atoms with Crippen LogP contribution in [0.5, 0.6) is 5.75 Å². The van der Waals surface area contributed by atoms with Crippen molar-refractivity contribution in [1.29, 1.82) is 0 Å². The summed E-state index contributed by atoms with van der Waals surface area (Å²) in [4.78, 5) is 20.0. The normalized spacial score (nSPS) is 11.2. The first-order valence-electron chi connectivity index (χ1n) is 4.81. The average molecular weight is 240 g/mol. The predicted octanol–water partition coefficient (Wildman–Crippen LogP) is 2.51. The molecule has 0 spiro atoms. The van der Waals surface area contributed by atoms with Gasteiger partial charge in [0.2, 0.25) is 0 Å². The van der Waals surface area contributed by atoms with E-state index in [1.165, 1.54) is 6.07 Å². The van der Waals surface area contributed by atoms with Crippen molar-refractivity contribution in [1.82, 2.24) is 0 Å². The quantitative estimate of drug-likeness (QED) is 0.631. The lowest BCUT2D eigenvalue weighted by molar-refractivity contribution is -0.423. The molecule has 92 valence electrons. The zero-order chi connectivity index (χ0) is 13.4. The van der Waals surface area contributed by atoms with Crippen LogP contribution in [0.4, 0.5) is 11.4 Å². The van der Waals surface area contributed by atoms with E-state index in [0.29, 0.717) is 0 Å². The Morgan fingerprint density at radius 3 is 2.00 bits per heavy atom. The topological polar surface area (TPSA) is 107 Å². The van der Waals surface area contributed by atoms with Gasteiger partial charge in [0.25, 0.3) is 0 Å². The van der Waals surface area contributed by atoms with Gasteiger partial charge in [-0.05, 0) is 11.5 Å². The molecule has 0 unspecified atom stereocenters. The zero-order valence-corrected chi connectivity index (χ0v) is 9.63. The third-order valence-corrected chi connectivity index (χ3v) is 2.26. The standard InChI is InChI=1S/C10H12N2O5/c1-10(2,3)7-4-6(13)5-8(11(14)15)9(7)12(16)17/h4-5,13H,1-3H3. The smallest absolute Gasteiger partial charge is 0.350 e. The average Bonchev–Trinajstić information content (AvgIpc) is 2.14. The van der Waals surface area contributed by atoms with Crippen molar-refractivity contribution in [2.75, 3.05) is 0 Å². The lowest BCUT2D eigenvalue weighted by Crippen LogP contribution is -2.14. The Morgan fingerprint density at radius 1 is 1.12 bits per heavy atom. The number of nitro benzene ring substituents is 2. The van der Waals surface area contributed by atoms with E-state index in [9.17, 15) is 25.3 Å². The summed E-state index contributed by atoms with van der Waals surface area (Å²) in [7, 11) is 0. The van der Waals surface area contributed by atoms with Crippen LogP contribution in [-0.2, 0) is 5.41 Å². The molecule has 1 rings (SSSR count).